The molecule has 0 aliphatic rings. The highest BCUT2D eigenvalue weighted by atomic mass is 16.5. The van der Waals surface area contributed by atoms with Gasteiger partial charge < -0.3 is 14.6 Å². The van der Waals surface area contributed by atoms with Crippen LogP contribution >= 0.6 is 0 Å². The summed E-state index contributed by atoms with van der Waals surface area (Å²) < 4.78 is 7.79. The predicted octanol–water partition coefficient (Wildman–Crippen LogP) is 3.26. The van der Waals surface area contributed by atoms with Crippen molar-refractivity contribution in [3.8, 4) is 5.75 Å². The van der Waals surface area contributed by atoms with Crippen LogP contribution in [0.25, 0.3) is 0 Å². The van der Waals surface area contributed by atoms with Gasteiger partial charge in [0, 0.05) is 18.4 Å². The third-order valence-corrected chi connectivity index (χ3v) is 2.87. The number of hydrogen-bond acceptors (Lipinski definition) is 3. The van der Waals surface area contributed by atoms with E-state index < -0.39 is 0 Å². The number of hydrogen-bond donors (Lipinski definition) is 1. The van der Waals surface area contributed by atoms with E-state index in [1.54, 1.807) is 0 Å². The summed E-state index contributed by atoms with van der Waals surface area (Å²) in [6, 6.07) is 8.48. The first kappa shape index (κ1) is 13.5. The first-order chi connectivity index (χ1) is 9.16. The van der Waals surface area contributed by atoms with E-state index in [0.717, 1.165) is 18.2 Å². The Morgan fingerprint density at radius 3 is 2.95 bits per heavy atom. The Morgan fingerprint density at radius 2 is 2.21 bits per heavy atom. The minimum Gasteiger partial charge on any atom is -0.492 e. The van der Waals surface area contributed by atoms with E-state index >= 15 is 0 Å². The van der Waals surface area contributed by atoms with Crippen LogP contribution in [-0.2, 0) is 0 Å². The molecule has 0 bridgehead atoms. The Morgan fingerprint density at radius 1 is 1.37 bits per heavy atom. The molecule has 0 saturated carbocycles. The molecule has 19 heavy (non-hydrogen) atoms. The van der Waals surface area contributed by atoms with Crippen molar-refractivity contribution in [2.24, 2.45) is 0 Å². The Hall–Kier alpha value is -1.97. The molecule has 0 fully saturated rings. The molecule has 0 aliphatic carbocycles. The molecule has 0 aliphatic heterocycles. The van der Waals surface area contributed by atoms with Crippen LogP contribution in [0, 0.1) is 6.92 Å². The molecule has 2 rings (SSSR count). The van der Waals surface area contributed by atoms with E-state index in [2.05, 4.69) is 41.7 Å². The average Bonchev–Trinajstić information content (AvgIpc) is 2.83. The van der Waals surface area contributed by atoms with Gasteiger partial charge in [-0.15, -0.1) is 0 Å². The molecular formula is C15H21N3O. The summed E-state index contributed by atoms with van der Waals surface area (Å²) in [7, 11) is 0. The number of nitrogens with zero attached hydrogens (tertiary/aromatic N) is 2. The molecule has 0 atom stereocenters. The molecule has 4 nitrogen and oxygen atoms in total. The Kier molecular flexibility index (Phi) is 4.44. The van der Waals surface area contributed by atoms with Gasteiger partial charge in [0.1, 0.15) is 12.4 Å². The highest BCUT2D eigenvalue weighted by Crippen LogP contribution is 2.13. The molecule has 102 valence electrons. The number of aryl methyl sites for hydroxylation is 1. The summed E-state index contributed by atoms with van der Waals surface area (Å²) >= 11 is 0. The van der Waals surface area contributed by atoms with Crippen LogP contribution < -0.4 is 10.1 Å². The van der Waals surface area contributed by atoms with Crippen molar-refractivity contribution in [2.45, 2.75) is 26.8 Å². The Labute approximate surface area is 114 Å². The lowest BCUT2D eigenvalue weighted by molar-refractivity contribution is 0.332. The van der Waals surface area contributed by atoms with Gasteiger partial charge in [-0.25, -0.2) is 4.98 Å². The predicted molar refractivity (Wildman–Crippen MR) is 77.8 cm³/mol. The SMILES string of the molecule is Cc1cccc(OCCNc2nccn2C(C)C)c1. The molecule has 0 spiro atoms. The number of imidazole rings is 1. The lowest BCUT2D eigenvalue weighted by Gasteiger charge is -2.13. The van der Waals surface area contributed by atoms with Crippen molar-refractivity contribution in [2.75, 3.05) is 18.5 Å². The standard InChI is InChI=1S/C15H21N3O/c1-12(2)18-9-7-16-15(18)17-8-10-19-14-6-4-5-13(3)11-14/h4-7,9,11-12H,8,10H2,1-3H3,(H,16,17). The van der Waals surface area contributed by atoms with Crippen LogP contribution in [0.5, 0.6) is 5.75 Å². The van der Waals surface area contributed by atoms with Gasteiger partial charge in [-0.1, -0.05) is 12.1 Å². The fraction of sp³-hybridized carbons (Fsp3) is 0.400. The lowest BCUT2D eigenvalue weighted by Crippen LogP contribution is -2.15. The zero-order valence-corrected chi connectivity index (χ0v) is 11.8. The van der Waals surface area contributed by atoms with Crippen molar-refractivity contribution in [3.63, 3.8) is 0 Å². The van der Waals surface area contributed by atoms with Crippen molar-refractivity contribution in [1.29, 1.82) is 0 Å². The highest BCUT2D eigenvalue weighted by Gasteiger charge is 2.04. The zero-order chi connectivity index (χ0) is 13.7. The summed E-state index contributed by atoms with van der Waals surface area (Å²) in [5.41, 5.74) is 1.21. The molecule has 1 heterocycles. The van der Waals surface area contributed by atoms with E-state index in [0.29, 0.717) is 12.6 Å². The number of aromatic nitrogens is 2. The molecule has 1 aromatic heterocycles. The average molecular weight is 259 g/mol. The molecule has 2 aromatic rings. The summed E-state index contributed by atoms with van der Waals surface area (Å²) in [6.45, 7) is 7.68. The summed E-state index contributed by atoms with van der Waals surface area (Å²) in [5, 5.41) is 3.29. The van der Waals surface area contributed by atoms with Crippen LogP contribution in [0.15, 0.2) is 36.7 Å². The lowest BCUT2D eigenvalue weighted by atomic mass is 10.2. The van der Waals surface area contributed by atoms with Crippen LogP contribution in [0.4, 0.5) is 5.95 Å². The van der Waals surface area contributed by atoms with Gasteiger partial charge in [0.2, 0.25) is 5.95 Å². The van der Waals surface area contributed by atoms with Gasteiger partial charge in [-0.2, -0.15) is 0 Å². The number of anilines is 1. The maximum Gasteiger partial charge on any atom is 0.203 e. The Balaban J connectivity index is 1.79. The van der Waals surface area contributed by atoms with Gasteiger partial charge in [0.15, 0.2) is 0 Å². The first-order valence-electron chi connectivity index (χ1n) is 6.63. The van der Waals surface area contributed by atoms with Crippen molar-refractivity contribution in [1.82, 2.24) is 9.55 Å². The molecule has 0 saturated heterocycles. The van der Waals surface area contributed by atoms with Crippen LogP contribution in [-0.4, -0.2) is 22.7 Å². The number of nitrogens with one attached hydrogen (secondary N) is 1. The van der Waals surface area contributed by atoms with Gasteiger partial charge in [0.05, 0.1) is 6.54 Å². The number of ether oxygens (including phenoxy) is 1. The largest absolute Gasteiger partial charge is 0.492 e. The fourth-order valence-corrected chi connectivity index (χ4v) is 1.90. The summed E-state index contributed by atoms with van der Waals surface area (Å²) in [5.74, 6) is 1.80. The first-order valence-corrected chi connectivity index (χ1v) is 6.63. The van der Waals surface area contributed by atoms with Crippen molar-refractivity contribution in [3.05, 3.63) is 42.2 Å². The second-order valence-corrected chi connectivity index (χ2v) is 4.84. The topological polar surface area (TPSA) is 39.1 Å². The van der Waals surface area contributed by atoms with E-state index in [4.69, 9.17) is 4.74 Å². The van der Waals surface area contributed by atoms with E-state index in [-0.39, 0.29) is 0 Å². The summed E-state index contributed by atoms with van der Waals surface area (Å²) in [4.78, 5) is 4.29. The molecule has 4 heteroatoms. The van der Waals surface area contributed by atoms with Crippen LogP contribution in [0.1, 0.15) is 25.5 Å². The second-order valence-electron chi connectivity index (χ2n) is 4.84. The molecule has 1 aromatic carbocycles. The maximum absolute atomic E-state index is 5.69. The third-order valence-electron chi connectivity index (χ3n) is 2.87. The van der Waals surface area contributed by atoms with Crippen LogP contribution in [0.2, 0.25) is 0 Å². The van der Waals surface area contributed by atoms with Gasteiger partial charge >= 0.3 is 0 Å². The molecule has 0 radical (unpaired) electrons. The molecule has 0 unspecified atom stereocenters. The number of benzene rings is 1. The Bertz CT molecular complexity index is 520. The van der Waals surface area contributed by atoms with Gasteiger partial charge in [0.25, 0.3) is 0 Å². The minimum atomic E-state index is 0.405. The smallest absolute Gasteiger partial charge is 0.203 e. The zero-order valence-electron chi connectivity index (χ0n) is 11.8. The number of rotatable bonds is 6. The van der Waals surface area contributed by atoms with E-state index in [9.17, 15) is 0 Å². The highest BCUT2D eigenvalue weighted by molar-refractivity contribution is 5.28. The fourth-order valence-electron chi connectivity index (χ4n) is 1.90. The third kappa shape index (κ3) is 3.74. The normalized spacial score (nSPS) is 10.7. The van der Waals surface area contributed by atoms with Gasteiger partial charge in [-0.05, 0) is 38.5 Å². The van der Waals surface area contributed by atoms with E-state index in [1.165, 1.54) is 5.56 Å². The summed E-state index contributed by atoms with van der Waals surface area (Å²) in [6.07, 6.45) is 3.79. The maximum atomic E-state index is 5.69. The monoisotopic (exact) mass is 259 g/mol. The minimum absolute atomic E-state index is 0.405. The molecular weight excluding hydrogens is 238 g/mol. The van der Waals surface area contributed by atoms with Crippen molar-refractivity contribution < 1.29 is 4.74 Å². The van der Waals surface area contributed by atoms with Crippen molar-refractivity contribution >= 4 is 5.95 Å². The van der Waals surface area contributed by atoms with Gasteiger partial charge in [-0.3, -0.25) is 0 Å². The van der Waals surface area contributed by atoms with E-state index in [1.807, 2.05) is 30.6 Å². The quantitative estimate of drug-likeness (QED) is 0.809. The second kappa shape index (κ2) is 6.27. The molecule has 1 N–H and O–H groups in total. The van der Waals surface area contributed by atoms with Crippen LogP contribution in [0.3, 0.4) is 0 Å². The molecule has 0 amide bonds.